The Bertz CT molecular complexity index is 1240. The van der Waals surface area contributed by atoms with Gasteiger partial charge in [0.2, 0.25) is 10.6 Å². The van der Waals surface area contributed by atoms with Crippen LogP contribution in [-0.4, -0.2) is 63.5 Å². The molecule has 1 aromatic heterocycles. The highest BCUT2D eigenvalue weighted by Gasteiger charge is 2.15. The van der Waals surface area contributed by atoms with Gasteiger partial charge in [-0.3, -0.25) is 9.79 Å². The normalized spacial score (nSPS) is 11.7. The van der Waals surface area contributed by atoms with Crippen LogP contribution in [0.15, 0.2) is 45.8 Å². The number of thiazole rings is 1. The molecule has 34 heavy (non-hydrogen) atoms. The fourth-order valence-corrected chi connectivity index (χ4v) is 4.01. The molecule has 2 aromatic carbocycles. The minimum Gasteiger partial charge on any atom is -0.507 e. The molecule has 0 aliphatic rings. The van der Waals surface area contributed by atoms with Gasteiger partial charge in [-0.25, -0.2) is 4.68 Å². The first-order valence-electron chi connectivity index (χ1n) is 10.1. The predicted molar refractivity (Wildman–Crippen MR) is 129 cm³/mol. The molecule has 11 heteroatoms. The van der Waals surface area contributed by atoms with E-state index in [2.05, 4.69) is 10.1 Å². The zero-order valence-corrected chi connectivity index (χ0v) is 20.1. The van der Waals surface area contributed by atoms with Gasteiger partial charge in [0, 0.05) is 23.6 Å². The number of nitrogens with two attached hydrogens (primary N) is 1. The average Bonchev–Trinajstić information content (AvgIpc) is 3.24. The van der Waals surface area contributed by atoms with Crippen molar-refractivity contribution in [1.82, 2.24) is 4.68 Å². The Morgan fingerprint density at radius 1 is 1.12 bits per heavy atom. The second kappa shape index (κ2) is 11.3. The van der Waals surface area contributed by atoms with Crippen LogP contribution in [-0.2, 0) is 4.74 Å². The maximum absolute atomic E-state index is 11.7. The van der Waals surface area contributed by atoms with Gasteiger partial charge in [-0.05, 0) is 30.3 Å². The number of aromatic hydroxyl groups is 1. The van der Waals surface area contributed by atoms with Gasteiger partial charge in [-0.1, -0.05) is 0 Å². The van der Waals surface area contributed by atoms with Gasteiger partial charge in [0.1, 0.15) is 5.75 Å². The van der Waals surface area contributed by atoms with Gasteiger partial charge in [0.25, 0.3) is 5.91 Å². The number of nitrogens with zero attached hydrogens (tertiary/aromatic N) is 3. The number of aromatic nitrogens is 1. The summed E-state index contributed by atoms with van der Waals surface area (Å²) in [7, 11) is 6.22. The molecule has 0 radical (unpaired) electrons. The van der Waals surface area contributed by atoms with Crippen LogP contribution >= 0.6 is 11.3 Å². The minimum absolute atomic E-state index is 0.0155. The number of carbonyl (C=O) groups is 1. The Morgan fingerprint density at radius 3 is 2.41 bits per heavy atom. The number of carbonyl (C=O) groups excluding carboxylic acids is 1. The van der Waals surface area contributed by atoms with E-state index in [0.29, 0.717) is 52.0 Å². The van der Waals surface area contributed by atoms with E-state index in [9.17, 15) is 9.90 Å². The summed E-state index contributed by atoms with van der Waals surface area (Å²) in [4.78, 5) is 16.9. The van der Waals surface area contributed by atoms with Crippen LogP contribution in [0.3, 0.4) is 0 Å². The third kappa shape index (κ3) is 5.38. The van der Waals surface area contributed by atoms with E-state index in [1.807, 2.05) is 5.38 Å². The molecule has 0 aliphatic heterocycles. The molecule has 0 bridgehead atoms. The van der Waals surface area contributed by atoms with Crippen molar-refractivity contribution in [2.75, 3.05) is 41.6 Å². The maximum Gasteiger partial charge on any atom is 0.252 e. The molecule has 1 amide bonds. The minimum atomic E-state index is -0.730. The lowest BCUT2D eigenvalue weighted by Crippen LogP contribution is -2.14. The lowest BCUT2D eigenvalue weighted by Gasteiger charge is -2.12. The summed E-state index contributed by atoms with van der Waals surface area (Å²) in [5.74, 6) is 0.544. The first-order chi connectivity index (χ1) is 16.4. The third-order valence-electron chi connectivity index (χ3n) is 4.79. The molecule has 1 heterocycles. The molecule has 3 aromatic rings. The fraction of sp³-hybridized carbons (Fsp3) is 0.261. The summed E-state index contributed by atoms with van der Waals surface area (Å²) in [6.07, 6.45) is 1.63. The van der Waals surface area contributed by atoms with E-state index in [0.717, 1.165) is 0 Å². The van der Waals surface area contributed by atoms with E-state index in [-0.39, 0.29) is 11.3 Å². The largest absolute Gasteiger partial charge is 0.507 e. The summed E-state index contributed by atoms with van der Waals surface area (Å²) in [6.45, 7) is 0.896. The number of rotatable bonds is 10. The number of hydrogen-bond acceptors (Lipinski definition) is 9. The van der Waals surface area contributed by atoms with Crippen molar-refractivity contribution in [3.05, 3.63) is 51.6 Å². The highest BCUT2D eigenvalue weighted by molar-refractivity contribution is 7.07. The first kappa shape index (κ1) is 24.8. The van der Waals surface area contributed by atoms with E-state index in [1.54, 1.807) is 36.2 Å². The summed E-state index contributed by atoms with van der Waals surface area (Å²) in [5, 5.41) is 16.5. The first-order valence-corrected chi connectivity index (χ1v) is 11.0. The van der Waals surface area contributed by atoms with Crippen LogP contribution in [0.2, 0.25) is 0 Å². The van der Waals surface area contributed by atoms with Gasteiger partial charge in [-0.2, -0.15) is 5.10 Å². The monoisotopic (exact) mass is 486 g/mol. The highest BCUT2D eigenvalue weighted by atomic mass is 32.1. The summed E-state index contributed by atoms with van der Waals surface area (Å²) in [6, 6.07) is 8.15. The Balaban J connectivity index is 2.13. The van der Waals surface area contributed by atoms with E-state index in [1.165, 1.54) is 44.8 Å². The van der Waals surface area contributed by atoms with Crippen LogP contribution < -0.4 is 24.7 Å². The number of amides is 1. The van der Waals surface area contributed by atoms with Crippen LogP contribution in [0, 0.1) is 0 Å². The Labute approximate surface area is 200 Å². The van der Waals surface area contributed by atoms with E-state index >= 15 is 0 Å². The summed E-state index contributed by atoms with van der Waals surface area (Å²) < 4.78 is 22.9. The summed E-state index contributed by atoms with van der Waals surface area (Å²) >= 11 is 1.38. The van der Waals surface area contributed by atoms with Gasteiger partial charge in [-0.15, -0.1) is 11.3 Å². The van der Waals surface area contributed by atoms with Crippen molar-refractivity contribution in [2.24, 2.45) is 15.8 Å². The molecular weight excluding hydrogens is 460 g/mol. The zero-order valence-electron chi connectivity index (χ0n) is 19.3. The Morgan fingerprint density at radius 2 is 1.82 bits per heavy atom. The highest BCUT2D eigenvalue weighted by Crippen LogP contribution is 2.37. The Hall–Kier alpha value is -3.83. The molecule has 0 unspecified atom stereocenters. The van der Waals surface area contributed by atoms with Crippen molar-refractivity contribution >= 4 is 23.5 Å². The van der Waals surface area contributed by atoms with E-state index in [4.69, 9.17) is 24.7 Å². The van der Waals surface area contributed by atoms with Gasteiger partial charge < -0.3 is 29.8 Å². The molecule has 180 valence electrons. The van der Waals surface area contributed by atoms with Crippen LogP contribution in [0.25, 0.3) is 11.3 Å². The van der Waals surface area contributed by atoms with E-state index < -0.39 is 5.91 Å². The fourth-order valence-electron chi connectivity index (χ4n) is 3.14. The lowest BCUT2D eigenvalue weighted by molar-refractivity contribution is 0.0998. The topological polar surface area (TPSA) is 130 Å². The Kier molecular flexibility index (Phi) is 8.28. The van der Waals surface area contributed by atoms with Gasteiger partial charge in [0.05, 0.1) is 52.0 Å². The van der Waals surface area contributed by atoms with Crippen molar-refractivity contribution in [2.45, 2.75) is 0 Å². The number of hydrogen-bond donors (Lipinski definition) is 2. The van der Waals surface area contributed by atoms with Crippen LogP contribution in [0.1, 0.15) is 15.9 Å². The SMILES string of the molecule is COCCN=c1scc(-c2ccc(O)c(C(N)=O)c2)n1N=Cc1cc(OC)c(OC)c(OC)c1. The third-order valence-corrected chi connectivity index (χ3v) is 5.65. The second-order valence-corrected chi connectivity index (χ2v) is 7.73. The van der Waals surface area contributed by atoms with Gasteiger partial charge in [0.15, 0.2) is 11.5 Å². The van der Waals surface area contributed by atoms with Crippen molar-refractivity contribution in [1.29, 1.82) is 0 Å². The molecule has 0 spiro atoms. The zero-order chi connectivity index (χ0) is 24.7. The lowest BCUT2D eigenvalue weighted by atomic mass is 10.1. The molecule has 0 fully saturated rings. The van der Waals surface area contributed by atoms with Crippen molar-refractivity contribution in [3.63, 3.8) is 0 Å². The van der Waals surface area contributed by atoms with Crippen molar-refractivity contribution < 1.29 is 28.8 Å². The molecule has 3 N–H and O–H groups in total. The number of benzene rings is 2. The van der Waals surface area contributed by atoms with Crippen LogP contribution in [0.4, 0.5) is 0 Å². The molecular formula is C23H26N4O6S. The molecule has 0 aliphatic carbocycles. The van der Waals surface area contributed by atoms with Gasteiger partial charge >= 0.3 is 0 Å². The van der Waals surface area contributed by atoms with Crippen LogP contribution in [0.5, 0.6) is 23.0 Å². The smallest absolute Gasteiger partial charge is 0.252 e. The molecule has 0 saturated carbocycles. The quantitative estimate of drug-likeness (QED) is 0.335. The molecule has 0 atom stereocenters. The summed E-state index contributed by atoms with van der Waals surface area (Å²) in [5.41, 5.74) is 7.41. The molecule has 3 rings (SSSR count). The standard InChI is InChI=1S/C23H26N4O6S/c1-30-8-7-25-23-27(17(13-34-23)15-5-6-18(28)16(11-15)22(24)29)26-12-14-9-19(31-2)21(33-4)20(10-14)32-3/h5-6,9-13,28H,7-8H2,1-4H3,(H2,24,29). The molecule has 0 saturated heterocycles. The average molecular weight is 487 g/mol. The number of primary amides is 1. The van der Waals surface area contributed by atoms with Crippen molar-refractivity contribution in [3.8, 4) is 34.3 Å². The number of ether oxygens (including phenoxy) is 4. The maximum atomic E-state index is 11.7. The number of methoxy groups -OCH3 is 4. The second-order valence-electron chi connectivity index (χ2n) is 6.89. The molecule has 10 nitrogen and oxygen atoms in total. The number of phenols is 1. The predicted octanol–water partition coefficient (Wildman–Crippen LogP) is 2.48.